The number of rotatable bonds is 11. The van der Waals surface area contributed by atoms with E-state index in [0.717, 1.165) is 11.1 Å². The lowest BCUT2D eigenvalue weighted by molar-refractivity contribution is -0.139. The molecule has 0 radical (unpaired) electrons. The van der Waals surface area contributed by atoms with Crippen LogP contribution in [0, 0.1) is 0 Å². The number of aliphatic hydroxyl groups excluding tert-OH is 1. The van der Waals surface area contributed by atoms with Gasteiger partial charge in [0.2, 0.25) is 0 Å². The number of likely N-dealkylation sites (tertiary alicyclic amines) is 1. The largest absolute Gasteiger partial charge is 0.507 e. The number of amides is 1. The number of hydrogen-bond acceptors (Lipinski definition) is 6. The van der Waals surface area contributed by atoms with Crippen molar-refractivity contribution < 1.29 is 28.9 Å². The highest BCUT2D eigenvalue weighted by Gasteiger charge is 2.46. The zero-order chi connectivity index (χ0) is 29.5. The number of nitrogens with zero attached hydrogens (tertiary/aromatic N) is 1. The Morgan fingerprint density at radius 1 is 0.810 bits per heavy atom. The fourth-order valence-electron chi connectivity index (χ4n) is 5.12. The van der Waals surface area contributed by atoms with Gasteiger partial charge >= 0.3 is 0 Å². The minimum Gasteiger partial charge on any atom is -0.507 e. The van der Waals surface area contributed by atoms with Crippen molar-refractivity contribution in [1.82, 2.24) is 4.90 Å². The summed E-state index contributed by atoms with van der Waals surface area (Å²) in [4.78, 5) is 28.5. The maximum Gasteiger partial charge on any atom is 0.295 e. The Morgan fingerprint density at radius 2 is 1.52 bits per heavy atom. The lowest BCUT2D eigenvalue weighted by Gasteiger charge is -2.26. The topological polar surface area (TPSA) is 85.3 Å². The van der Waals surface area contributed by atoms with Crippen LogP contribution in [0.15, 0.2) is 109 Å². The molecule has 0 aliphatic carbocycles. The molecule has 7 heteroatoms. The molecule has 4 aromatic carbocycles. The number of benzene rings is 4. The van der Waals surface area contributed by atoms with Gasteiger partial charge in [-0.15, -0.1) is 0 Å². The number of methoxy groups -OCH3 is 1. The number of carbonyl (C=O) groups excluding carboxylic acids is 2. The minimum absolute atomic E-state index is 0.0155. The molecule has 4 aromatic rings. The van der Waals surface area contributed by atoms with Crippen molar-refractivity contribution in [3.05, 3.63) is 131 Å². The summed E-state index contributed by atoms with van der Waals surface area (Å²) in [6.07, 6.45) is 0.541. The Bertz CT molecular complexity index is 1580. The van der Waals surface area contributed by atoms with Crippen LogP contribution < -0.4 is 14.2 Å². The van der Waals surface area contributed by atoms with Gasteiger partial charge in [-0.25, -0.2) is 0 Å². The van der Waals surface area contributed by atoms with Crippen LogP contribution in [0.2, 0.25) is 0 Å². The normalized spacial score (nSPS) is 16.0. The van der Waals surface area contributed by atoms with Crippen molar-refractivity contribution in [3.8, 4) is 17.2 Å². The molecular formula is C35H33NO6. The third-order valence-corrected chi connectivity index (χ3v) is 7.18. The van der Waals surface area contributed by atoms with E-state index in [1.165, 1.54) is 4.90 Å². The van der Waals surface area contributed by atoms with Crippen molar-refractivity contribution >= 4 is 17.4 Å². The van der Waals surface area contributed by atoms with E-state index in [0.29, 0.717) is 48.0 Å². The lowest BCUT2D eigenvalue weighted by Crippen LogP contribution is -2.31. The lowest BCUT2D eigenvalue weighted by atomic mass is 9.94. The summed E-state index contributed by atoms with van der Waals surface area (Å²) in [6.45, 7) is 2.95. The second kappa shape index (κ2) is 13.1. The number of Topliss-reactive ketones (excluding diaryl/α,β-unsaturated/α-hetero) is 1. The number of aliphatic hydroxyl groups is 1. The Labute approximate surface area is 245 Å². The minimum atomic E-state index is -0.832. The molecule has 7 nitrogen and oxygen atoms in total. The quantitative estimate of drug-likeness (QED) is 0.130. The first-order chi connectivity index (χ1) is 20.5. The van der Waals surface area contributed by atoms with E-state index in [9.17, 15) is 14.7 Å². The summed E-state index contributed by atoms with van der Waals surface area (Å²) < 4.78 is 17.3. The van der Waals surface area contributed by atoms with Crippen molar-refractivity contribution in [2.45, 2.75) is 26.0 Å². The van der Waals surface area contributed by atoms with E-state index in [2.05, 4.69) is 0 Å². The van der Waals surface area contributed by atoms with E-state index in [4.69, 9.17) is 14.2 Å². The molecule has 42 heavy (non-hydrogen) atoms. The standard InChI is InChI=1S/C35H33NO6/c1-3-41-28-16-10-15-27(21-28)33(37)31-32(36(35(39)34(31)38)20-19-24-11-6-4-7-12-24)26-17-18-29(30(22-26)40-2)42-23-25-13-8-5-9-14-25/h4-18,21-22,32,37H,3,19-20,23H2,1-2H3. The van der Waals surface area contributed by atoms with Crippen molar-refractivity contribution in [1.29, 1.82) is 0 Å². The molecule has 1 aliphatic rings. The molecule has 1 amide bonds. The summed E-state index contributed by atoms with van der Waals surface area (Å²) in [5.74, 6) is -0.132. The molecule has 0 aromatic heterocycles. The van der Waals surface area contributed by atoms with Crippen LogP contribution in [0.3, 0.4) is 0 Å². The average Bonchev–Trinajstić information content (AvgIpc) is 3.28. The molecule has 0 saturated carbocycles. The summed E-state index contributed by atoms with van der Waals surface area (Å²) in [7, 11) is 1.54. The highest BCUT2D eigenvalue weighted by molar-refractivity contribution is 6.46. The van der Waals surface area contributed by atoms with Gasteiger partial charge in [-0.1, -0.05) is 78.9 Å². The highest BCUT2D eigenvalue weighted by atomic mass is 16.5. The third-order valence-electron chi connectivity index (χ3n) is 7.18. The van der Waals surface area contributed by atoms with Gasteiger partial charge in [0.05, 0.1) is 25.3 Å². The fourth-order valence-corrected chi connectivity index (χ4v) is 5.12. The second-order valence-corrected chi connectivity index (χ2v) is 9.87. The van der Waals surface area contributed by atoms with Gasteiger partial charge in [0.15, 0.2) is 11.5 Å². The zero-order valence-corrected chi connectivity index (χ0v) is 23.7. The maximum atomic E-state index is 13.5. The Balaban J connectivity index is 1.54. The second-order valence-electron chi connectivity index (χ2n) is 9.87. The zero-order valence-electron chi connectivity index (χ0n) is 23.7. The van der Waals surface area contributed by atoms with Crippen LogP contribution in [0.4, 0.5) is 0 Å². The predicted molar refractivity (Wildman–Crippen MR) is 161 cm³/mol. The third kappa shape index (κ3) is 6.15. The molecule has 214 valence electrons. The van der Waals surface area contributed by atoms with Crippen LogP contribution in [0.1, 0.15) is 35.2 Å². The number of hydrogen-bond donors (Lipinski definition) is 1. The maximum absolute atomic E-state index is 13.5. The Hall–Kier alpha value is -5.04. The first kappa shape index (κ1) is 28.5. The SMILES string of the molecule is CCOc1cccc(C(O)=C2C(=O)C(=O)N(CCc3ccccc3)C2c2ccc(OCc3ccccc3)c(OC)c2)c1. The molecular weight excluding hydrogens is 530 g/mol. The molecule has 5 rings (SSSR count). The molecule has 1 unspecified atom stereocenters. The molecule has 0 bridgehead atoms. The molecule has 1 fully saturated rings. The van der Waals surface area contributed by atoms with Crippen LogP contribution in [-0.4, -0.2) is 42.0 Å². The van der Waals surface area contributed by atoms with Crippen LogP contribution in [0.5, 0.6) is 17.2 Å². The molecule has 1 heterocycles. The van der Waals surface area contributed by atoms with Crippen LogP contribution in [0.25, 0.3) is 5.76 Å². The van der Waals surface area contributed by atoms with E-state index >= 15 is 0 Å². The number of carbonyl (C=O) groups is 2. The van der Waals surface area contributed by atoms with Crippen molar-refractivity contribution in [2.75, 3.05) is 20.3 Å². The summed E-state index contributed by atoms with van der Waals surface area (Å²) in [5.41, 5.74) is 3.06. The van der Waals surface area contributed by atoms with Gasteiger partial charge in [-0.2, -0.15) is 0 Å². The molecule has 1 atom stereocenters. The van der Waals surface area contributed by atoms with Crippen molar-refractivity contribution in [2.24, 2.45) is 0 Å². The van der Waals surface area contributed by atoms with Crippen molar-refractivity contribution in [3.63, 3.8) is 0 Å². The van der Waals surface area contributed by atoms with Gasteiger partial charge < -0.3 is 24.2 Å². The number of ether oxygens (including phenoxy) is 3. The first-order valence-electron chi connectivity index (χ1n) is 13.9. The van der Waals surface area contributed by atoms with E-state index < -0.39 is 17.7 Å². The summed E-state index contributed by atoms with van der Waals surface area (Å²) >= 11 is 0. The Kier molecular flexibility index (Phi) is 8.87. The summed E-state index contributed by atoms with van der Waals surface area (Å²) in [5, 5.41) is 11.5. The fraction of sp³-hybridized carbons (Fsp3) is 0.200. The van der Waals surface area contributed by atoms with Crippen LogP contribution >= 0.6 is 0 Å². The smallest absolute Gasteiger partial charge is 0.295 e. The molecule has 0 spiro atoms. The molecule has 1 aliphatic heterocycles. The van der Waals surface area contributed by atoms with Gasteiger partial charge in [-0.3, -0.25) is 9.59 Å². The van der Waals surface area contributed by atoms with Gasteiger partial charge in [-0.05, 0) is 54.3 Å². The number of ketones is 1. The van der Waals surface area contributed by atoms with Gasteiger partial charge in [0.25, 0.3) is 11.7 Å². The van der Waals surface area contributed by atoms with Crippen LogP contribution in [-0.2, 0) is 22.6 Å². The molecule has 1 saturated heterocycles. The predicted octanol–water partition coefficient (Wildman–Crippen LogP) is 6.34. The highest BCUT2D eigenvalue weighted by Crippen LogP contribution is 2.42. The average molecular weight is 564 g/mol. The molecule has 1 N–H and O–H groups in total. The Morgan fingerprint density at radius 3 is 2.21 bits per heavy atom. The summed E-state index contributed by atoms with van der Waals surface area (Å²) in [6, 6.07) is 30.9. The monoisotopic (exact) mass is 563 g/mol. The first-order valence-corrected chi connectivity index (χ1v) is 13.9. The van der Waals surface area contributed by atoms with Gasteiger partial charge in [0, 0.05) is 12.1 Å². The van der Waals surface area contributed by atoms with E-state index in [1.54, 1.807) is 49.6 Å². The van der Waals surface area contributed by atoms with Gasteiger partial charge in [0.1, 0.15) is 18.1 Å². The van der Waals surface area contributed by atoms with E-state index in [1.807, 2.05) is 67.6 Å². The van der Waals surface area contributed by atoms with E-state index in [-0.39, 0.29) is 17.9 Å².